The molecule has 16 heavy (non-hydrogen) atoms. The van der Waals surface area contributed by atoms with Crippen molar-refractivity contribution in [2.75, 3.05) is 13.6 Å². The maximum Gasteiger partial charge on any atom is 0.0424 e. The van der Waals surface area contributed by atoms with E-state index in [2.05, 4.69) is 57.0 Å². The van der Waals surface area contributed by atoms with Crippen LogP contribution in [0, 0.1) is 0 Å². The minimum absolute atomic E-state index is 0.110. The molecule has 0 saturated heterocycles. The highest BCUT2D eigenvalue weighted by Crippen LogP contribution is 2.13. The SMILES string of the molecule is CCc1ccc(C(N)CN(C)C(C)C)cc1. The summed E-state index contributed by atoms with van der Waals surface area (Å²) in [4.78, 5) is 2.28. The van der Waals surface area contributed by atoms with E-state index >= 15 is 0 Å². The summed E-state index contributed by atoms with van der Waals surface area (Å²) < 4.78 is 0. The number of hydrogen-bond donors (Lipinski definition) is 1. The molecule has 1 unspecified atom stereocenters. The highest BCUT2D eigenvalue weighted by atomic mass is 15.1. The van der Waals surface area contributed by atoms with Gasteiger partial charge in [-0.15, -0.1) is 0 Å². The van der Waals surface area contributed by atoms with Gasteiger partial charge in [-0.2, -0.15) is 0 Å². The summed E-state index contributed by atoms with van der Waals surface area (Å²) in [5, 5.41) is 0. The maximum atomic E-state index is 6.18. The van der Waals surface area contributed by atoms with Crippen LogP contribution in [0.5, 0.6) is 0 Å². The smallest absolute Gasteiger partial charge is 0.0424 e. The molecule has 0 aliphatic heterocycles. The molecule has 0 heterocycles. The summed E-state index contributed by atoms with van der Waals surface area (Å²) in [6, 6.07) is 9.30. The van der Waals surface area contributed by atoms with Crippen LogP contribution >= 0.6 is 0 Å². The second kappa shape index (κ2) is 6.02. The van der Waals surface area contributed by atoms with Crippen molar-refractivity contribution in [3.8, 4) is 0 Å². The Balaban J connectivity index is 2.62. The molecule has 0 amide bonds. The van der Waals surface area contributed by atoms with Crippen LogP contribution in [0.2, 0.25) is 0 Å². The molecule has 1 aromatic carbocycles. The van der Waals surface area contributed by atoms with Gasteiger partial charge in [0.2, 0.25) is 0 Å². The number of aryl methyl sites for hydroxylation is 1. The highest BCUT2D eigenvalue weighted by Gasteiger charge is 2.11. The zero-order chi connectivity index (χ0) is 12.1. The molecule has 1 rings (SSSR count). The minimum Gasteiger partial charge on any atom is -0.323 e. The Bertz CT molecular complexity index is 303. The number of likely N-dealkylation sites (N-methyl/N-ethyl adjacent to an activating group) is 1. The van der Waals surface area contributed by atoms with E-state index in [9.17, 15) is 0 Å². The molecule has 0 spiro atoms. The first kappa shape index (κ1) is 13.2. The molecule has 2 N–H and O–H groups in total. The third-order valence-electron chi connectivity index (χ3n) is 3.18. The summed E-state index contributed by atoms with van der Waals surface area (Å²) in [6.45, 7) is 7.45. The summed E-state index contributed by atoms with van der Waals surface area (Å²) >= 11 is 0. The molecular weight excluding hydrogens is 196 g/mol. The Labute approximate surface area is 99.5 Å². The van der Waals surface area contributed by atoms with Crippen molar-refractivity contribution in [3.63, 3.8) is 0 Å². The van der Waals surface area contributed by atoms with E-state index in [1.807, 2.05) is 0 Å². The lowest BCUT2D eigenvalue weighted by atomic mass is 10.0. The van der Waals surface area contributed by atoms with Crippen molar-refractivity contribution in [2.24, 2.45) is 5.73 Å². The van der Waals surface area contributed by atoms with Crippen LogP contribution in [-0.4, -0.2) is 24.5 Å². The van der Waals surface area contributed by atoms with Crippen molar-refractivity contribution in [3.05, 3.63) is 35.4 Å². The average Bonchev–Trinajstić information content (AvgIpc) is 2.28. The normalized spacial score (nSPS) is 13.4. The molecule has 90 valence electrons. The van der Waals surface area contributed by atoms with Gasteiger partial charge in [0.25, 0.3) is 0 Å². The lowest BCUT2D eigenvalue weighted by Crippen LogP contribution is -2.33. The van der Waals surface area contributed by atoms with Crippen molar-refractivity contribution < 1.29 is 0 Å². The van der Waals surface area contributed by atoms with Gasteiger partial charge in [-0.1, -0.05) is 31.2 Å². The van der Waals surface area contributed by atoms with Gasteiger partial charge < -0.3 is 10.6 Å². The molecule has 0 radical (unpaired) electrons. The summed E-state index contributed by atoms with van der Waals surface area (Å²) in [7, 11) is 2.12. The van der Waals surface area contributed by atoms with Crippen LogP contribution in [-0.2, 0) is 6.42 Å². The zero-order valence-electron chi connectivity index (χ0n) is 10.9. The van der Waals surface area contributed by atoms with E-state index in [1.165, 1.54) is 11.1 Å². The molecule has 2 nitrogen and oxygen atoms in total. The van der Waals surface area contributed by atoms with Gasteiger partial charge in [-0.3, -0.25) is 0 Å². The van der Waals surface area contributed by atoms with Crippen molar-refractivity contribution >= 4 is 0 Å². The molecule has 2 heteroatoms. The van der Waals surface area contributed by atoms with Crippen molar-refractivity contribution in [2.45, 2.75) is 39.3 Å². The first-order valence-electron chi connectivity index (χ1n) is 6.09. The Morgan fingerprint density at radius 2 is 1.75 bits per heavy atom. The van der Waals surface area contributed by atoms with Crippen LogP contribution < -0.4 is 5.73 Å². The fourth-order valence-corrected chi connectivity index (χ4v) is 1.63. The predicted molar refractivity (Wildman–Crippen MR) is 70.5 cm³/mol. The third kappa shape index (κ3) is 3.62. The van der Waals surface area contributed by atoms with Crippen LogP contribution in [0.25, 0.3) is 0 Å². The molecule has 0 aliphatic rings. The molecule has 0 saturated carbocycles. The first-order valence-corrected chi connectivity index (χ1v) is 6.09. The van der Waals surface area contributed by atoms with Gasteiger partial charge in [0.1, 0.15) is 0 Å². The molecule has 1 atom stereocenters. The summed E-state index contributed by atoms with van der Waals surface area (Å²) in [5.41, 5.74) is 8.78. The first-order chi connectivity index (χ1) is 7.54. The monoisotopic (exact) mass is 220 g/mol. The Kier molecular flexibility index (Phi) is 4.97. The molecule has 0 bridgehead atoms. The number of benzene rings is 1. The number of hydrogen-bond acceptors (Lipinski definition) is 2. The fraction of sp³-hybridized carbons (Fsp3) is 0.571. The van der Waals surface area contributed by atoms with E-state index in [0.29, 0.717) is 6.04 Å². The van der Waals surface area contributed by atoms with Gasteiger partial charge >= 0.3 is 0 Å². The molecule has 0 fully saturated rings. The van der Waals surface area contributed by atoms with Gasteiger partial charge in [0.05, 0.1) is 0 Å². The average molecular weight is 220 g/mol. The second-order valence-electron chi connectivity index (χ2n) is 4.73. The number of nitrogens with zero attached hydrogens (tertiary/aromatic N) is 1. The predicted octanol–water partition coefficient (Wildman–Crippen LogP) is 2.59. The Morgan fingerprint density at radius 3 is 2.19 bits per heavy atom. The third-order valence-corrected chi connectivity index (χ3v) is 3.18. The zero-order valence-corrected chi connectivity index (χ0v) is 10.9. The molecule has 0 aliphatic carbocycles. The van der Waals surface area contributed by atoms with Gasteiger partial charge in [-0.05, 0) is 38.4 Å². The number of rotatable bonds is 5. The van der Waals surface area contributed by atoms with Crippen molar-refractivity contribution in [1.29, 1.82) is 0 Å². The second-order valence-corrected chi connectivity index (χ2v) is 4.73. The fourth-order valence-electron chi connectivity index (χ4n) is 1.63. The lowest BCUT2D eigenvalue weighted by molar-refractivity contribution is 0.257. The van der Waals surface area contributed by atoms with E-state index in [4.69, 9.17) is 5.73 Å². The largest absolute Gasteiger partial charge is 0.323 e. The Hall–Kier alpha value is -0.860. The van der Waals surface area contributed by atoms with E-state index < -0.39 is 0 Å². The summed E-state index contributed by atoms with van der Waals surface area (Å²) in [5.74, 6) is 0. The van der Waals surface area contributed by atoms with Crippen LogP contribution in [0.15, 0.2) is 24.3 Å². The quantitative estimate of drug-likeness (QED) is 0.826. The topological polar surface area (TPSA) is 29.3 Å². The van der Waals surface area contributed by atoms with Crippen molar-refractivity contribution in [1.82, 2.24) is 4.90 Å². The molecule has 0 aromatic heterocycles. The highest BCUT2D eigenvalue weighted by molar-refractivity contribution is 5.25. The summed E-state index contributed by atoms with van der Waals surface area (Å²) in [6.07, 6.45) is 1.08. The van der Waals surface area contributed by atoms with E-state index in [1.54, 1.807) is 0 Å². The van der Waals surface area contributed by atoms with Crippen LogP contribution in [0.1, 0.15) is 37.9 Å². The van der Waals surface area contributed by atoms with E-state index in [0.717, 1.165) is 13.0 Å². The van der Waals surface area contributed by atoms with E-state index in [-0.39, 0.29) is 6.04 Å². The number of nitrogens with two attached hydrogens (primary N) is 1. The molecular formula is C14H24N2. The van der Waals surface area contributed by atoms with Gasteiger partial charge in [0.15, 0.2) is 0 Å². The molecule has 1 aromatic rings. The maximum absolute atomic E-state index is 6.18. The van der Waals surface area contributed by atoms with Gasteiger partial charge in [0, 0.05) is 18.6 Å². The van der Waals surface area contributed by atoms with Crippen LogP contribution in [0.3, 0.4) is 0 Å². The Morgan fingerprint density at radius 1 is 1.19 bits per heavy atom. The van der Waals surface area contributed by atoms with Gasteiger partial charge in [-0.25, -0.2) is 0 Å². The standard InChI is InChI=1S/C14H24N2/c1-5-12-6-8-13(9-7-12)14(15)10-16(4)11(2)3/h6-9,11,14H,5,10,15H2,1-4H3. The minimum atomic E-state index is 0.110. The van der Waals surface area contributed by atoms with Crippen LogP contribution in [0.4, 0.5) is 0 Å². The lowest BCUT2D eigenvalue weighted by Gasteiger charge is -2.25.